The van der Waals surface area contributed by atoms with Gasteiger partial charge in [-0.05, 0) is 16.7 Å². The summed E-state index contributed by atoms with van der Waals surface area (Å²) < 4.78 is 4.73. The highest BCUT2D eigenvalue weighted by Crippen LogP contribution is 2.23. The molecule has 0 heterocycles. The van der Waals surface area contributed by atoms with Crippen LogP contribution in [0.1, 0.15) is 24.4 Å². The first-order valence-electron chi connectivity index (χ1n) is 9.01. The van der Waals surface area contributed by atoms with Crippen LogP contribution in [-0.4, -0.2) is 38.0 Å². The summed E-state index contributed by atoms with van der Waals surface area (Å²) >= 11 is 0. The molecule has 0 aromatic heterocycles. The number of amides is 2. The van der Waals surface area contributed by atoms with Crippen LogP contribution in [0.2, 0.25) is 0 Å². The third-order valence-corrected chi connectivity index (χ3v) is 4.17. The van der Waals surface area contributed by atoms with Gasteiger partial charge in [0.2, 0.25) is 11.8 Å². The molecule has 28 heavy (non-hydrogen) atoms. The van der Waals surface area contributed by atoms with E-state index < -0.39 is 17.9 Å². The Labute approximate surface area is 164 Å². The number of rotatable bonds is 9. The van der Waals surface area contributed by atoms with Gasteiger partial charge in [0.25, 0.3) is 0 Å². The Hall–Kier alpha value is -3.19. The lowest BCUT2D eigenvalue weighted by atomic mass is 9.99. The molecule has 0 bridgehead atoms. The third-order valence-electron chi connectivity index (χ3n) is 4.17. The van der Waals surface area contributed by atoms with Crippen LogP contribution in [0.3, 0.4) is 0 Å². The average molecular weight is 383 g/mol. The summed E-state index contributed by atoms with van der Waals surface area (Å²) in [5.74, 6) is -1.13. The predicted molar refractivity (Wildman–Crippen MR) is 106 cm³/mol. The number of methoxy groups -OCH3 is 1. The van der Waals surface area contributed by atoms with Crippen molar-refractivity contribution in [2.45, 2.75) is 18.9 Å². The quantitative estimate of drug-likeness (QED) is 0.569. The van der Waals surface area contributed by atoms with Crippen LogP contribution in [0.5, 0.6) is 0 Å². The largest absolute Gasteiger partial charge is 0.469 e. The minimum atomic E-state index is -0.559. The molecule has 0 aliphatic carbocycles. The molecule has 2 aromatic carbocycles. The molecule has 0 radical (unpaired) electrons. The Bertz CT molecular complexity index is 791. The van der Waals surface area contributed by atoms with Gasteiger partial charge < -0.3 is 21.1 Å². The van der Waals surface area contributed by atoms with E-state index in [0.29, 0.717) is 0 Å². The van der Waals surface area contributed by atoms with E-state index in [4.69, 9.17) is 10.5 Å². The van der Waals surface area contributed by atoms with Crippen molar-refractivity contribution in [3.8, 4) is 11.1 Å². The molecule has 0 saturated carbocycles. The third kappa shape index (κ3) is 6.51. The Morgan fingerprint density at radius 3 is 2.21 bits per heavy atom. The fourth-order valence-electron chi connectivity index (χ4n) is 2.68. The molecule has 7 heteroatoms. The topological polar surface area (TPSA) is 111 Å². The maximum absolute atomic E-state index is 12.2. The molecule has 2 aromatic rings. The minimum absolute atomic E-state index is 0.0102. The van der Waals surface area contributed by atoms with Crippen LogP contribution in [0, 0.1) is 0 Å². The first-order chi connectivity index (χ1) is 13.5. The standard InChI is InChI=1S/C21H25N3O4/c1-28-21(27)13-18(24-20(26)14-23-19(25)11-12-22)17-9-7-16(8-10-17)15-5-3-2-4-6-15/h2-10,18H,11-14,22H2,1H3,(H,23,25)(H,24,26). The van der Waals surface area contributed by atoms with Gasteiger partial charge in [0.05, 0.1) is 26.1 Å². The summed E-state index contributed by atoms with van der Waals surface area (Å²) in [6, 6.07) is 16.9. The highest BCUT2D eigenvalue weighted by molar-refractivity contribution is 5.85. The number of ether oxygens (including phenoxy) is 1. The number of benzene rings is 2. The van der Waals surface area contributed by atoms with Crippen LogP contribution in [0.15, 0.2) is 54.6 Å². The van der Waals surface area contributed by atoms with Gasteiger partial charge in [0, 0.05) is 13.0 Å². The number of nitrogens with two attached hydrogens (primary N) is 1. The van der Waals surface area contributed by atoms with Crippen LogP contribution < -0.4 is 16.4 Å². The van der Waals surface area contributed by atoms with E-state index in [9.17, 15) is 14.4 Å². The van der Waals surface area contributed by atoms with Gasteiger partial charge in [0.15, 0.2) is 0 Å². The predicted octanol–water partition coefficient (Wildman–Crippen LogP) is 1.54. The van der Waals surface area contributed by atoms with Crippen molar-refractivity contribution in [3.05, 3.63) is 60.2 Å². The molecular formula is C21H25N3O4. The summed E-state index contributed by atoms with van der Waals surface area (Å²) in [5, 5.41) is 5.26. The van der Waals surface area contributed by atoms with E-state index >= 15 is 0 Å². The van der Waals surface area contributed by atoms with Crippen LogP contribution >= 0.6 is 0 Å². The number of hydrogen-bond donors (Lipinski definition) is 3. The molecule has 1 unspecified atom stereocenters. The second-order valence-electron chi connectivity index (χ2n) is 6.20. The van der Waals surface area contributed by atoms with Crippen molar-refractivity contribution < 1.29 is 19.1 Å². The average Bonchev–Trinajstić information content (AvgIpc) is 2.72. The van der Waals surface area contributed by atoms with Crippen molar-refractivity contribution >= 4 is 17.8 Å². The fourth-order valence-corrected chi connectivity index (χ4v) is 2.68. The monoisotopic (exact) mass is 383 g/mol. The molecule has 0 fully saturated rings. The molecule has 0 aliphatic heterocycles. The molecule has 148 valence electrons. The van der Waals surface area contributed by atoms with Gasteiger partial charge in [-0.3, -0.25) is 14.4 Å². The molecule has 1 atom stereocenters. The second-order valence-corrected chi connectivity index (χ2v) is 6.20. The van der Waals surface area contributed by atoms with Crippen molar-refractivity contribution in [3.63, 3.8) is 0 Å². The van der Waals surface area contributed by atoms with Crippen molar-refractivity contribution in [1.29, 1.82) is 0 Å². The second kappa shape index (κ2) is 10.8. The summed E-state index contributed by atoms with van der Waals surface area (Å²) in [7, 11) is 1.30. The lowest BCUT2D eigenvalue weighted by molar-refractivity contribution is -0.141. The van der Waals surface area contributed by atoms with Crippen molar-refractivity contribution in [2.75, 3.05) is 20.2 Å². The molecular weight excluding hydrogens is 358 g/mol. The van der Waals surface area contributed by atoms with Crippen LogP contribution in [0.25, 0.3) is 11.1 Å². The van der Waals surface area contributed by atoms with Gasteiger partial charge >= 0.3 is 5.97 Å². The summed E-state index contributed by atoms with van der Waals surface area (Å²) in [4.78, 5) is 35.4. The normalized spacial score (nSPS) is 11.4. The van der Waals surface area contributed by atoms with Crippen molar-refractivity contribution in [1.82, 2.24) is 10.6 Å². The minimum Gasteiger partial charge on any atom is -0.469 e. The van der Waals surface area contributed by atoms with E-state index in [2.05, 4.69) is 10.6 Å². The van der Waals surface area contributed by atoms with E-state index in [1.54, 1.807) is 0 Å². The Morgan fingerprint density at radius 1 is 0.964 bits per heavy atom. The SMILES string of the molecule is COC(=O)CC(NC(=O)CNC(=O)CCN)c1ccc(-c2ccccc2)cc1. The molecule has 2 rings (SSSR count). The van der Waals surface area contributed by atoms with Gasteiger partial charge in [-0.15, -0.1) is 0 Å². The summed E-state index contributed by atoms with van der Waals surface area (Å²) in [6.07, 6.45) is 0.142. The smallest absolute Gasteiger partial charge is 0.307 e. The van der Waals surface area contributed by atoms with Crippen LogP contribution in [-0.2, 0) is 19.1 Å². The fraction of sp³-hybridized carbons (Fsp3) is 0.286. The van der Waals surface area contributed by atoms with Gasteiger partial charge in [-0.1, -0.05) is 54.6 Å². The zero-order valence-electron chi connectivity index (χ0n) is 15.8. The number of carbonyl (C=O) groups is 3. The van der Waals surface area contributed by atoms with Gasteiger partial charge in [-0.25, -0.2) is 0 Å². The molecule has 0 aliphatic rings. The Balaban J connectivity index is 2.08. The number of carbonyl (C=O) groups excluding carboxylic acids is 3. The first kappa shape index (κ1) is 21.1. The lowest BCUT2D eigenvalue weighted by Gasteiger charge is -2.19. The Kier molecular flexibility index (Phi) is 8.17. The maximum Gasteiger partial charge on any atom is 0.307 e. The van der Waals surface area contributed by atoms with E-state index in [1.165, 1.54) is 7.11 Å². The number of nitrogens with one attached hydrogen (secondary N) is 2. The summed E-state index contributed by atoms with van der Waals surface area (Å²) in [6.45, 7) is 0.0325. The maximum atomic E-state index is 12.2. The number of hydrogen-bond acceptors (Lipinski definition) is 5. The van der Waals surface area contributed by atoms with Gasteiger partial charge in [-0.2, -0.15) is 0 Å². The highest BCUT2D eigenvalue weighted by atomic mass is 16.5. The zero-order valence-corrected chi connectivity index (χ0v) is 15.8. The summed E-state index contributed by atoms with van der Waals surface area (Å²) in [5.41, 5.74) is 8.18. The molecule has 4 N–H and O–H groups in total. The van der Waals surface area contributed by atoms with E-state index in [-0.39, 0.29) is 31.8 Å². The highest BCUT2D eigenvalue weighted by Gasteiger charge is 2.19. The zero-order chi connectivity index (χ0) is 20.4. The number of esters is 1. The Morgan fingerprint density at radius 2 is 1.61 bits per heavy atom. The molecule has 0 saturated heterocycles. The van der Waals surface area contributed by atoms with Gasteiger partial charge in [0.1, 0.15) is 0 Å². The van der Waals surface area contributed by atoms with E-state index in [0.717, 1.165) is 16.7 Å². The lowest BCUT2D eigenvalue weighted by Crippen LogP contribution is -2.39. The molecule has 0 spiro atoms. The molecule has 2 amide bonds. The molecule has 7 nitrogen and oxygen atoms in total. The van der Waals surface area contributed by atoms with E-state index in [1.807, 2.05) is 54.6 Å². The first-order valence-corrected chi connectivity index (χ1v) is 9.01. The van der Waals surface area contributed by atoms with Crippen molar-refractivity contribution in [2.24, 2.45) is 5.73 Å². The van der Waals surface area contributed by atoms with Crippen LogP contribution in [0.4, 0.5) is 0 Å².